The maximum Gasteiger partial charge on any atom is 0.387 e. The highest BCUT2D eigenvalue weighted by molar-refractivity contribution is 5.35. The van der Waals surface area contributed by atoms with Crippen molar-refractivity contribution in [3.63, 3.8) is 0 Å². The molecule has 0 aliphatic carbocycles. The number of benzene rings is 1. The molecule has 3 nitrogen and oxygen atoms in total. The number of nitrogens with zero attached hydrogens (tertiary/aromatic N) is 1. The summed E-state index contributed by atoms with van der Waals surface area (Å²) in [5, 5.41) is 3.28. The molecule has 0 spiro atoms. The molecule has 1 heterocycles. The van der Waals surface area contributed by atoms with E-state index >= 15 is 0 Å². The van der Waals surface area contributed by atoms with E-state index in [1.54, 1.807) is 36.7 Å². The van der Waals surface area contributed by atoms with Gasteiger partial charge in [-0.05, 0) is 30.7 Å². The molecule has 0 saturated heterocycles. The number of aromatic nitrogens is 1. The van der Waals surface area contributed by atoms with Crippen LogP contribution in [0.15, 0.2) is 48.8 Å². The van der Waals surface area contributed by atoms with Crippen molar-refractivity contribution >= 4 is 0 Å². The molecule has 1 aromatic heterocycles. The third-order valence-electron chi connectivity index (χ3n) is 2.96. The number of nitrogens with one attached hydrogen (secondary N) is 1. The summed E-state index contributed by atoms with van der Waals surface area (Å²) in [6, 6.07) is 10.5. The number of hydrogen-bond acceptors (Lipinski definition) is 3. The molecule has 0 radical (unpaired) electrons. The monoisotopic (exact) mass is 278 g/mol. The van der Waals surface area contributed by atoms with E-state index in [1.165, 1.54) is 0 Å². The van der Waals surface area contributed by atoms with E-state index in [2.05, 4.69) is 15.0 Å². The standard InChI is InChI=1S/C15H16F2N2O/c1-11(19-10-12-6-8-18-9-7-12)13-4-2-3-5-14(13)20-15(16)17/h2-9,11,15,19H,10H2,1H3. The second kappa shape index (κ2) is 6.96. The Morgan fingerprint density at radius 1 is 1.15 bits per heavy atom. The minimum absolute atomic E-state index is 0.0990. The second-order valence-electron chi connectivity index (χ2n) is 4.37. The fraction of sp³-hybridized carbons (Fsp3) is 0.267. The Kier molecular flexibility index (Phi) is 5.01. The van der Waals surface area contributed by atoms with E-state index in [0.717, 1.165) is 5.56 Å². The zero-order chi connectivity index (χ0) is 14.4. The quantitative estimate of drug-likeness (QED) is 0.877. The van der Waals surface area contributed by atoms with Gasteiger partial charge in [-0.25, -0.2) is 0 Å². The molecule has 0 amide bonds. The van der Waals surface area contributed by atoms with Gasteiger partial charge in [-0.1, -0.05) is 18.2 Å². The molecule has 0 aliphatic heterocycles. The van der Waals surface area contributed by atoms with E-state index in [-0.39, 0.29) is 11.8 Å². The molecule has 5 heteroatoms. The lowest BCUT2D eigenvalue weighted by Gasteiger charge is -2.18. The van der Waals surface area contributed by atoms with Crippen LogP contribution >= 0.6 is 0 Å². The molecule has 1 N–H and O–H groups in total. The predicted molar refractivity (Wildman–Crippen MR) is 72.6 cm³/mol. The number of para-hydroxylation sites is 1. The van der Waals surface area contributed by atoms with Gasteiger partial charge in [0.1, 0.15) is 5.75 Å². The summed E-state index contributed by atoms with van der Waals surface area (Å²) < 4.78 is 29.3. The number of alkyl halides is 2. The molecule has 106 valence electrons. The first-order valence-electron chi connectivity index (χ1n) is 6.33. The Hall–Kier alpha value is -2.01. The SMILES string of the molecule is CC(NCc1ccncc1)c1ccccc1OC(F)F. The zero-order valence-electron chi connectivity index (χ0n) is 11.1. The topological polar surface area (TPSA) is 34.2 Å². The maximum atomic E-state index is 12.4. The van der Waals surface area contributed by atoms with Gasteiger partial charge in [0, 0.05) is 30.5 Å². The van der Waals surface area contributed by atoms with Gasteiger partial charge in [-0.3, -0.25) is 4.98 Å². The fourth-order valence-corrected chi connectivity index (χ4v) is 1.92. The van der Waals surface area contributed by atoms with Gasteiger partial charge in [0.25, 0.3) is 0 Å². The summed E-state index contributed by atoms with van der Waals surface area (Å²) in [6.07, 6.45) is 3.44. The molecule has 1 unspecified atom stereocenters. The molecule has 20 heavy (non-hydrogen) atoms. The second-order valence-corrected chi connectivity index (χ2v) is 4.37. The van der Waals surface area contributed by atoms with Crippen LogP contribution in [0.4, 0.5) is 8.78 Å². The van der Waals surface area contributed by atoms with Crippen molar-refractivity contribution < 1.29 is 13.5 Å². The Morgan fingerprint density at radius 2 is 1.85 bits per heavy atom. The lowest BCUT2D eigenvalue weighted by atomic mass is 10.1. The molecule has 0 bridgehead atoms. The van der Waals surface area contributed by atoms with Gasteiger partial charge >= 0.3 is 6.61 Å². The van der Waals surface area contributed by atoms with Crippen LogP contribution in [0.1, 0.15) is 24.1 Å². The van der Waals surface area contributed by atoms with Crippen LogP contribution in [0.5, 0.6) is 5.75 Å². The van der Waals surface area contributed by atoms with Crippen LogP contribution in [0.25, 0.3) is 0 Å². The molecule has 1 aromatic carbocycles. The average molecular weight is 278 g/mol. The van der Waals surface area contributed by atoms with Crippen molar-refractivity contribution in [2.45, 2.75) is 26.1 Å². The lowest BCUT2D eigenvalue weighted by molar-refractivity contribution is -0.0506. The van der Waals surface area contributed by atoms with Crippen LogP contribution in [0.3, 0.4) is 0 Å². The number of hydrogen-bond donors (Lipinski definition) is 1. The molecule has 2 aromatic rings. The van der Waals surface area contributed by atoms with Crippen molar-refractivity contribution in [2.24, 2.45) is 0 Å². The van der Waals surface area contributed by atoms with Crippen LogP contribution in [0, 0.1) is 0 Å². The highest BCUT2D eigenvalue weighted by atomic mass is 19.3. The number of rotatable bonds is 6. The van der Waals surface area contributed by atoms with Crippen molar-refractivity contribution in [1.82, 2.24) is 10.3 Å². The predicted octanol–water partition coefficient (Wildman–Crippen LogP) is 3.53. The van der Waals surface area contributed by atoms with Crippen LogP contribution in [-0.2, 0) is 6.54 Å². The summed E-state index contributed by atoms with van der Waals surface area (Å²) >= 11 is 0. The van der Waals surface area contributed by atoms with Gasteiger partial charge in [-0.15, -0.1) is 0 Å². The minimum Gasteiger partial charge on any atom is -0.434 e. The first kappa shape index (κ1) is 14.4. The molecular formula is C15H16F2N2O. The van der Waals surface area contributed by atoms with Crippen LogP contribution in [-0.4, -0.2) is 11.6 Å². The summed E-state index contributed by atoms with van der Waals surface area (Å²) in [7, 11) is 0. The number of halogens is 2. The largest absolute Gasteiger partial charge is 0.434 e. The van der Waals surface area contributed by atoms with Gasteiger partial charge in [0.15, 0.2) is 0 Å². The first-order chi connectivity index (χ1) is 9.66. The fourth-order valence-electron chi connectivity index (χ4n) is 1.92. The normalized spacial score (nSPS) is 12.4. The minimum atomic E-state index is -2.82. The Balaban J connectivity index is 2.03. The van der Waals surface area contributed by atoms with Crippen molar-refractivity contribution in [2.75, 3.05) is 0 Å². The molecule has 0 aliphatic rings. The van der Waals surface area contributed by atoms with E-state index in [0.29, 0.717) is 12.1 Å². The Bertz CT molecular complexity index is 534. The average Bonchev–Trinajstić information content (AvgIpc) is 2.46. The Labute approximate surface area is 116 Å². The lowest BCUT2D eigenvalue weighted by Crippen LogP contribution is -2.19. The highest BCUT2D eigenvalue weighted by Crippen LogP contribution is 2.26. The molecular weight excluding hydrogens is 262 g/mol. The summed E-state index contributed by atoms with van der Waals surface area (Å²) in [5.41, 5.74) is 1.79. The highest BCUT2D eigenvalue weighted by Gasteiger charge is 2.13. The molecule has 2 rings (SSSR count). The Morgan fingerprint density at radius 3 is 2.55 bits per heavy atom. The number of pyridine rings is 1. The summed E-state index contributed by atoms with van der Waals surface area (Å²) in [5.74, 6) is 0.206. The van der Waals surface area contributed by atoms with Crippen molar-refractivity contribution in [3.05, 3.63) is 59.9 Å². The summed E-state index contributed by atoms with van der Waals surface area (Å²) in [6.45, 7) is -0.273. The third kappa shape index (κ3) is 3.99. The van der Waals surface area contributed by atoms with Gasteiger partial charge < -0.3 is 10.1 Å². The van der Waals surface area contributed by atoms with Crippen molar-refractivity contribution in [3.8, 4) is 5.75 Å². The number of ether oxygens (including phenoxy) is 1. The summed E-state index contributed by atoms with van der Waals surface area (Å²) in [4.78, 5) is 3.95. The van der Waals surface area contributed by atoms with Crippen molar-refractivity contribution in [1.29, 1.82) is 0 Å². The van der Waals surface area contributed by atoms with Gasteiger partial charge in [0.2, 0.25) is 0 Å². The van der Waals surface area contributed by atoms with Crippen LogP contribution in [0.2, 0.25) is 0 Å². The van der Waals surface area contributed by atoms with Gasteiger partial charge in [-0.2, -0.15) is 8.78 Å². The molecule has 0 saturated carbocycles. The first-order valence-corrected chi connectivity index (χ1v) is 6.33. The van der Waals surface area contributed by atoms with E-state index in [9.17, 15) is 8.78 Å². The van der Waals surface area contributed by atoms with E-state index in [4.69, 9.17) is 0 Å². The zero-order valence-corrected chi connectivity index (χ0v) is 11.1. The van der Waals surface area contributed by atoms with E-state index < -0.39 is 6.61 Å². The molecule has 0 fully saturated rings. The maximum absolute atomic E-state index is 12.4. The van der Waals surface area contributed by atoms with Gasteiger partial charge in [0.05, 0.1) is 0 Å². The smallest absolute Gasteiger partial charge is 0.387 e. The van der Waals surface area contributed by atoms with Crippen LogP contribution < -0.4 is 10.1 Å². The molecule has 1 atom stereocenters. The van der Waals surface area contributed by atoms with E-state index in [1.807, 2.05) is 19.1 Å². The third-order valence-corrected chi connectivity index (χ3v) is 2.96.